The number of nitrogens with one attached hydrogen (secondary N) is 1. The van der Waals surface area contributed by atoms with E-state index in [1.165, 1.54) is 25.7 Å². The van der Waals surface area contributed by atoms with Crippen molar-refractivity contribution in [3.05, 3.63) is 0 Å². The van der Waals surface area contributed by atoms with Crippen LogP contribution in [0.3, 0.4) is 0 Å². The zero-order valence-electron chi connectivity index (χ0n) is 9.11. The van der Waals surface area contributed by atoms with Crippen LogP contribution in [-0.2, 0) is 0 Å². The molecule has 0 bridgehead atoms. The van der Waals surface area contributed by atoms with Crippen molar-refractivity contribution >= 4 is 0 Å². The molecule has 0 saturated heterocycles. The predicted molar refractivity (Wildman–Crippen MR) is 57.5 cm³/mol. The van der Waals surface area contributed by atoms with E-state index in [9.17, 15) is 0 Å². The van der Waals surface area contributed by atoms with Gasteiger partial charge in [0.2, 0.25) is 0 Å². The second-order valence-electron chi connectivity index (χ2n) is 5.14. The molecule has 1 aliphatic rings. The quantitative estimate of drug-likeness (QED) is 0.657. The molecule has 1 heteroatoms. The molecule has 1 aliphatic carbocycles. The lowest BCUT2D eigenvalue weighted by molar-refractivity contribution is 0.288. The van der Waals surface area contributed by atoms with Gasteiger partial charge < -0.3 is 5.32 Å². The summed E-state index contributed by atoms with van der Waals surface area (Å²) in [5.41, 5.74) is 0.347. The third kappa shape index (κ3) is 3.04. The first kappa shape index (κ1) is 10.6. The Balaban J connectivity index is 2.38. The normalized spacial score (nSPS) is 21.4. The molecule has 0 amide bonds. The number of terminal acetylenes is 1. The van der Waals surface area contributed by atoms with E-state index in [1.807, 2.05) is 0 Å². The Labute approximate surface area is 82.3 Å². The summed E-state index contributed by atoms with van der Waals surface area (Å²) in [6.07, 6.45) is 10.9. The largest absolute Gasteiger partial charge is 0.301 e. The fourth-order valence-corrected chi connectivity index (χ4v) is 1.89. The lowest BCUT2D eigenvalue weighted by Crippen LogP contribution is -2.43. The van der Waals surface area contributed by atoms with Crippen LogP contribution in [0.1, 0.15) is 46.5 Å². The van der Waals surface area contributed by atoms with Crippen LogP contribution < -0.4 is 5.32 Å². The van der Waals surface area contributed by atoms with Gasteiger partial charge in [-0.05, 0) is 32.1 Å². The summed E-state index contributed by atoms with van der Waals surface area (Å²) in [6.45, 7) is 7.54. The zero-order valence-corrected chi connectivity index (χ0v) is 9.11. The van der Waals surface area contributed by atoms with E-state index in [1.54, 1.807) is 0 Å². The summed E-state index contributed by atoms with van der Waals surface area (Å²) < 4.78 is 0. The summed E-state index contributed by atoms with van der Waals surface area (Å²) in [6, 6.07) is 0. The van der Waals surface area contributed by atoms with Crippen molar-refractivity contribution in [3.63, 3.8) is 0 Å². The first-order valence-corrected chi connectivity index (χ1v) is 5.20. The van der Waals surface area contributed by atoms with Crippen LogP contribution in [-0.4, -0.2) is 12.1 Å². The second-order valence-corrected chi connectivity index (χ2v) is 5.14. The summed E-state index contributed by atoms with van der Waals surface area (Å²) in [5, 5.41) is 3.46. The Morgan fingerprint density at radius 1 is 1.38 bits per heavy atom. The maximum absolute atomic E-state index is 5.42. The lowest BCUT2D eigenvalue weighted by Gasteiger charge is -2.29. The Hall–Kier alpha value is -0.480. The van der Waals surface area contributed by atoms with Crippen LogP contribution in [0.25, 0.3) is 0 Å². The fraction of sp³-hybridized carbons (Fsp3) is 0.833. The molecule has 13 heavy (non-hydrogen) atoms. The molecule has 0 aromatic heterocycles. The van der Waals surface area contributed by atoms with Crippen molar-refractivity contribution in [3.8, 4) is 12.3 Å². The SMILES string of the molecule is C#CC(C)(C)NCC1(C)CCCC1. The van der Waals surface area contributed by atoms with E-state index in [2.05, 4.69) is 32.0 Å². The molecule has 0 radical (unpaired) electrons. The van der Waals surface area contributed by atoms with Crippen LogP contribution in [0.2, 0.25) is 0 Å². The maximum atomic E-state index is 5.42. The van der Waals surface area contributed by atoms with Crippen LogP contribution >= 0.6 is 0 Å². The van der Waals surface area contributed by atoms with Gasteiger partial charge in [0.15, 0.2) is 0 Å². The average Bonchev–Trinajstić information content (AvgIpc) is 2.50. The smallest absolute Gasteiger partial charge is 0.0741 e. The van der Waals surface area contributed by atoms with E-state index in [0.717, 1.165) is 6.54 Å². The Kier molecular flexibility index (Phi) is 3.03. The van der Waals surface area contributed by atoms with E-state index in [-0.39, 0.29) is 5.54 Å². The van der Waals surface area contributed by atoms with Gasteiger partial charge in [-0.2, -0.15) is 0 Å². The van der Waals surface area contributed by atoms with Crippen molar-refractivity contribution in [1.29, 1.82) is 0 Å². The predicted octanol–water partition coefficient (Wildman–Crippen LogP) is 2.57. The summed E-state index contributed by atoms with van der Waals surface area (Å²) in [7, 11) is 0. The van der Waals surface area contributed by atoms with Gasteiger partial charge in [-0.25, -0.2) is 0 Å². The van der Waals surface area contributed by atoms with Gasteiger partial charge in [0.25, 0.3) is 0 Å². The molecule has 1 N–H and O–H groups in total. The van der Waals surface area contributed by atoms with E-state index in [0.29, 0.717) is 5.41 Å². The second kappa shape index (κ2) is 3.72. The first-order chi connectivity index (χ1) is 5.97. The number of hydrogen-bond acceptors (Lipinski definition) is 1. The van der Waals surface area contributed by atoms with Gasteiger partial charge in [0.05, 0.1) is 5.54 Å². The summed E-state index contributed by atoms with van der Waals surface area (Å²) >= 11 is 0. The van der Waals surface area contributed by atoms with Crippen LogP contribution in [0.15, 0.2) is 0 Å². The third-order valence-electron chi connectivity index (χ3n) is 3.13. The van der Waals surface area contributed by atoms with Crippen LogP contribution in [0.5, 0.6) is 0 Å². The molecule has 0 aromatic rings. The molecular formula is C12H21N. The van der Waals surface area contributed by atoms with Crippen molar-refractivity contribution in [2.75, 3.05) is 6.54 Å². The van der Waals surface area contributed by atoms with Crippen molar-refractivity contribution < 1.29 is 0 Å². The van der Waals surface area contributed by atoms with Gasteiger partial charge >= 0.3 is 0 Å². The molecule has 1 rings (SSSR count). The van der Waals surface area contributed by atoms with Crippen molar-refractivity contribution in [2.45, 2.75) is 52.0 Å². The number of rotatable bonds is 3. The van der Waals surface area contributed by atoms with Crippen molar-refractivity contribution in [2.24, 2.45) is 5.41 Å². The molecule has 0 aromatic carbocycles. The standard InChI is InChI=1S/C12H21N/c1-5-11(2,3)13-10-12(4)8-6-7-9-12/h1,13H,6-10H2,2-4H3. The molecule has 1 nitrogen and oxygen atoms in total. The molecule has 0 unspecified atom stereocenters. The van der Waals surface area contributed by atoms with Gasteiger partial charge in [-0.15, -0.1) is 6.42 Å². The molecule has 0 spiro atoms. The third-order valence-corrected chi connectivity index (χ3v) is 3.13. The minimum absolute atomic E-state index is 0.147. The van der Waals surface area contributed by atoms with Crippen LogP contribution in [0, 0.1) is 17.8 Å². The first-order valence-electron chi connectivity index (χ1n) is 5.20. The Bertz CT molecular complexity index is 204. The zero-order chi connectivity index (χ0) is 9.95. The van der Waals surface area contributed by atoms with E-state index < -0.39 is 0 Å². The highest BCUT2D eigenvalue weighted by Crippen LogP contribution is 2.36. The minimum Gasteiger partial charge on any atom is -0.301 e. The minimum atomic E-state index is -0.147. The van der Waals surface area contributed by atoms with E-state index in [4.69, 9.17) is 6.42 Å². The Morgan fingerprint density at radius 2 is 1.92 bits per heavy atom. The van der Waals surface area contributed by atoms with Gasteiger partial charge in [-0.1, -0.05) is 25.7 Å². The summed E-state index contributed by atoms with van der Waals surface area (Å²) in [5.74, 6) is 2.77. The van der Waals surface area contributed by atoms with E-state index >= 15 is 0 Å². The molecule has 1 saturated carbocycles. The fourth-order valence-electron chi connectivity index (χ4n) is 1.89. The van der Waals surface area contributed by atoms with Gasteiger partial charge in [0, 0.05) is 6.54 Å². The number of hydrogen-bond donors (Lipinski definition) is 1. The van der Waals surface area contributed by atoms with Gasteiger partial charge in [0.1, 0.15) is 0 Å². The van der Waals surface area contributed by atoms with Crippen molar-refractivity contribution in [1.82, 2.24) is 5.32 Å². The highest BCUT2D eigenvalue weighted by atomic mass is 15.0. The molecule has 0 heterocycles. The lowest BCUT2D eigenvalue weighted by atomic mass is 9.88. The summed E-state index contributed by atoms with van der Waals surface area (Å²) in [4.78, 5) is 0. The molecular weight excluding hydrogens is 158 g/mol. The van der Waals surface area contributed by atoms with Crippen LogP contribution in [0.4, 0.5) is 0 Å². The average molecular weight is 179 g/mol. The highest BCUT2D eigenvalue weighted by molar-refractivity contribution is 5.07. The monoisotopic (exact) mass is 179 g/mol. The molecule has 74 valence electrons. The molecule has 0 atom stereocenters. The molecule has 1 fully saturated rings. The molecule has 0 aliphatic heterocycles. The highest BCUT2D eigenvalue weighted by Gasteiger charge is 2.29. The Morgan fingerprint density at radius 3 is 2.38 bits per heavy atom. The maximum Gasteiger partial charge on any atom is 0.0741 e. The van der Waals surface area contributed by atoms with Gasteiger partial charge in [-0.3, -0.25) is 0 Å². The topological polar surface area (TPSA) is 12.0 Å².